The highest BCUT2D eigenvalue weighted by Crippen LogP contribution is 2.33. The minimum atomic E-state index is -1.47. The van der Waals surface area contributed by atoms with Gasteiger partial charge in [0.2, 0.25) is 29.4 Å². The van der Waals surface area contributed by atoms with E-state index >= 15 is 4.79 Å². The Hall–Kier alpha value is -8.33. The maximum atomic E-state index is 15.1. The van der Waals surface area contributed by atoms with Gasteiger partial charge in [0.15, 0.2) is 18.1 Å². The number of aryl methyl sites for hydroxylation is 1. The highest BCUT2D eigenvalue weighted by Gasteiger charge is 2.43. The van der Waals surface area contributed by atoms with Gasteiger partial charge in [0.05, 0.1) is 31.3 Å². The van der Waals surface area contributed by atoms with Crippen LogP contribution in [0, 0.1) is 5.41 Å². The number of hydrogen-bond donors (Lipinski definition) is 3. The smallest absolute Gasteiger partial charge is 0.330 e. The fourth-order valence-corrected chi connectivity index (χ4v) is 10.5. The Morgan fingerprint density at radius 3 is 2.20 bits per heavy atom. The zero-order valence-electron chi connectivity index (χ0n) is 53.3. The van der Waals surface area contributed by atoms with Crippen LogP contribution in [-0.4, -0.2) is 175 Å². The third-order valence-electron chi connectivity index (χ3n) is 16.1. The number of likely N-dealkylation sites (N-methyl/N-ethyl adjacent to an activating group) is 3. The molecular weight excluding hydrogens is 1140 g/mol. The van der Waals surface area contributed by atoms with Crippen molar-refractivity contribution in [1.82, 2.24) is 30.2 Å². The molecule has 0 aromatic heterocycles. The van der Waals surface area contributed by atoms with Gasteiger partial charge in [-0.3, -0.25) is 33.6 Å². The fraction of sp³-hybridized carbons (Fsp3) is 0.515. The summed E-state index contributed by atoms with van der Waals surface area (Å²) in [6, 6.07) is 20.3. The van der Waals surface area contributed by atoms with Crippen LogP contribution in [0.1, 0.15) is 129 Å². The summed E-state index contributed by atoms with van der Waals surface area (Å²) >= 11 is 0. The Bertz CT molecular complexity index is 3170. The predicted octanol–water partition coefficient (Wildman–Crippen LogP) is 7.37. The number of esters is 2. The molecule has 1 fully saturated rings. The Kier molecular flexibility index (Phi) is 25.7. The van der Waals surface area contributed by atoms with Crippen LogP contribution in [0.25, 0.3) is 10.8 Å². The lowest BCUT2D eigenvalue weighted by molar-refractivity contribution is -0.165. The van der Waals surface area contributed by atoms with Crippen molar-refractivity contribution in [3.05, 3.63) is 114 Å². The summed E-state index contributed by atoms with van der Waals surface area (Å²) in [6.45, 7) is 9.14. The highest BCUT2D eigenvalue weighted by molar-refractivity contribution is 6.38. The van der Waals surface area contributed by atoms with Crippen LogP contribution in [-0.2, 0) is 70.2 Å². The second-order valence-corrected chi connectivity index (χ2v) is 24.6. The van der Waals surface area contributed by atoms with Crippen molar-refractivity contribution < 1.29 is 71.9 Å². The van der Waals surface area contributed by atoms with E-state index in [1.165, 1.54) is 60.7 Å². The number of ketones is 1. The zero-order chi connectivity index (χ0) is 65.0. The average molecular weight is 1230 g/mol. The van der Waals surface area contributed by atoms with E-state index in [2.05, 4.69) is 10.6 Å². The second kappa shape index (κ2) is 32.8. The number of carbonyl (C=O) groups is 9. The molecule has 5 atom stereocenters. The van der Waals surface area contributed by atoms with Gasteiger partial charge >= 0.3 is 11.9 Å². The molecule has 0 aliphatic carbocycles. The van der Waals surface area contributed by atoms with E-state index < -0.39 is 114 Å². The quantitative estimate of drug-likeness (QED) is 0.0979. The van der Waals surface area contributed by atoms with Crippen LogP contribution in [0.3, 0.4) is 0 Å². The molecule has 6 rings (SSSR count). The molecule has 4 aromatic carbocycles. The number of nitrogens with one attached hydrogen (secondary N) is 2. The summed E-state index contributed by atoms with van der Waals surface area (Å²) < 4.78 is 29.3. The third kappa shape index (κ3) is 20.4. The average Bonchev–Trinajstić information content (AvgIpc) is 2.56. The molecule has 2 heterocycles. The zero-order valence-corrected chi connectivity index (χ0v) is 53.3. The molecule has 2 aliphatic heterocycles. The number of Topliss-reactive ketones (excluding diaryl/α,β-unsaturated/α-hetero) is 1. The van der Waals surface area contributed by atoms with Crippen molar-refractivity contribution in [2.45, 2.75) is 154 Å². The number of phenolic OH excluding ortho intramolecular Hbond substituents is 1. The number of allylic oxidation sites excluding steroid dienone is 1. The first-order chi connectivity index (χ1) is 42.3. The number of nitrogens with zero attached hydrogens (tertiary/aromatic N) is 4. The van der Waals surface area contributed by atoms with E-state index in [-0.39, 0.29) is 56.1 Å². The van der Waals surface area contributed by atoms with Crippen LogP contribution in [0.2, 0.25) is 0 Å². The Morgan fingerprint density at radius 2 is 1.48 bits per heavy atom. The number of benzene rings is 4. The van der Waals surface area contributed by atoms with Gasteiger partial charge in [-0.05, 0) is 144 Å². The van der Waals surface area contributed by atoms with Crippen molar-refractivity contribution >= 4 is 63.9 Å². The Balaban J connectivity index is 1.33. The number of unbranched alkanes of at least 4 members (excludes halogenated alkanes) is 1. The van der Waals surface area contributed by atoms with Crippen molar-refractivity contribution in [2.24, 2.45) is 5.41 Å². The molecule has 0 unspecified atom stereocenters. The molecule has 0 saturated carbocycles. The second-order valence-electron chi connectivity index (χ2n) is 24.6. The third-order valence-corrected chi connectivity index (χ3v) is 16.1. The van der Waals surface area contributed by atoms with Crippen molar-refractivity contribution in [2.75, 3.05) is 67.7 Å². The first-order valence-corrected chi connectivity index (χ1v) is 30.7. The van der Waals surface area contributed by atoms with E-state index in [1.807, 2.05) is 49.4 Å². The van der Waals surface area contributed by atoms with E-state index in [1.54, 1.807) is 76.4 Å². The molecule has 2 bridgehead atoms. The Morgan fingerprint density at radius 1 is 0.753 bits per heavy atom. The monoisotopic (exact) mass is 1230 g/mol. The first-order valence-electron chi connectivity index (χ1n) is 30.7. The number of piperidine rings is 1. The largest absolute Gasteiger partial charge is 0.504 e. The summed E-state index contributed by atoms with van der Waals surface area (Å²) in [5.74, 6) is -5.73. The van der Waals surface area contributed by atoms with Gasteiger partial charge in [0, 0.05) is 46.7 Å². The van der Waals surface area contributed by atoms with Gasteiger partial charge in [-0.2, -0.15) is 0 Å². The van der Waals surface area contributed by atoms with E-state index in [0.29, 0.717) is 74.6 Å². The summed E-state index contributed by atoms with van der Waals surface area (Å²) in [4.78, 5) is 133. The van der Waals surface area contributed by atoms with E-state index in [9.17, 15) is 43.5 Å². The van der Waals surface area contributed by atoms with Gasteiger partial charge in [-0.1, -0.05) is 86.5 Å². The van der Waals surface area contributed by atoms with Crippen LogP contribution in [0.5, 0.6) is 17.2 Å². The van der Waals surface area contributed by atoms with Gasteiger partial charge in [0.25, 0.3) is 11.8 Å². The van der Waals surface area contributed by atoms with Crippen molar-refractivity contribution in [3.63, 3.8) is 0 Å². The minimum absolute atomic E-state index is 0.00289. The number of methoxy groups -OCH3 is 1. The number of hydrogen-bond acceptors (Lipinski definition) is 15. The van der Waals surface area contributed by atoms with Crippen molar-refractivity contribution in [3.8, 4) is 17.2 Å². The summed E-state index contributed by atoms with van der Waals surface area (Å²) in [7, 11) is 5.97. The molecule has 21 heteroatoms. The molecule has 3 N–H and O–H groups in total. The maximum Gasteiger partial charge on any atom is 0.330 e. The predicted molar refractivity (Wildman–Crippen MR) is 334 cm³/mol. The van der Waals surface area contributed by atoms with Gasteiger partial charge in [-0.15, -0.1) is 0 Å². The number of aromatic hydroxyl groups is 1. The van der Waals surface area contributed by atoms with Gasteiger partial charge in [-0.25, -0.2) is 9.59 Å². The van der Waals surface area contributed by atoms with Crippen LogP contribution in [0.4, 0.5) is 0 Å². The topological polar surface area (TPSA) is 257 Å². The molecule has 482 valence electrons. The summed E-state index contributed by atoms with van der Waals surface area (Å²) in [5, 5.41) is 18.2. The standard InChI is InChI=1S/C68H90N6O15/c1-11-12-26-52-63(81)70-51(38-46-29-32-47-22-16-17-23-48(47)37-46)64(82)73(9)54(42-88-67(2,3)4)62(80)69-41-58(76)71(7)35-19-14-13-15-28-60(78)87-44-68(5,6)61(79)65(83)74-36-20-18-27-53(74)66(84)89-56(33-30-45-31-34-57(85-10)55(75)39-45)49-24-21-25-50(40-49)86-43-59(77)72(52)8/h15-17,21-25,28-29,31-32,34,37,39-40,51-54,56,75H,11-14,18-20,26-27,30,33,35-36,38,41-44H2,1-10H3,(H,69,80)(H,70,81)/t51-,52-,53-,54-,56+/m0/s1. The van der Waals surface area contributed by atoms with E-state index in [0.717, 1.165) is 10.8 Å². The van der Waals surface area contributed by atoms with E-state index in [4.69, 9.17) is 23.7 Å². The number of carbonyl (C=O) groups excluding carboxylic acids is 9. The number of cyclic esters (lactones) is 2. The van der Waals surface area contributed by atoms with Gasteiger partial charge < -0.3 is 59.0 Å². The molecule has 1 saturated heterocycles. The number of phenols is 1. The molecule has 0 radical (unpaired) electrons. The molecule has 0 spiro atoms. The first kappa shape index (κ1) is 69.8. The maximum absolute atomic E-state index is 15.1. The normalized spacial score (nSPS) is 21.8. The number of rotatable bonds is 11. The minimum Gasteiger partial charge on any atom is -0.504 e. The molecule has 4 aromatic rings. The van der Waals surface area contributed by atoms with Gasteiger partial charge in [0.1, 0.15) is 42.6 Å². The molecule has 2 aliphatic rings. The highest BCUT2D eigenvalue weighted by atomic mass is 16.5. The lowest BCUT2D eigenvalue weighted by Gasteiger charge is -2.36. The van der Waals surface area contributed by atoms with Crippen LogP contribution in [0.15, 0.2) is 97.1 Å². The Labute approximate surface area is 522 Å². The molecule has 6 amide bonds. The number of amides is 6. The SMILES string of the molecule is CCCC[C@H]1C(=O)N[C@@H](Cc2ccc3ccccc3c2)C(=O)N(C)[C@@H](COC(C)(C)C)C(=O)NCC(=O)N(C)CCCCC=CC(=O)OCC(C)(C)C(=O)C(=O)N2CCCC[C@H]2C(=O)O[C@H](CCc2ccc(OC)c(O)c2)c2cccc(c2)OCC(=O)N1C. The fourth-order valence-electron chi connectivity index (χ4n) is 10.5. The summed E-state index contributed by atoms with van der Waals surface area (Å²) in [6.07, 6.45) is 6.63. The van der Waals surface area contributed by atoms with Crippen LogP contribution < -0.4 is 20.1 Å². The summed E-state index contributed by atoms with van der Waals surface area (Å²) in [5.41, 5.74) is -0.337. The lowest BCUT2D eigenvalue weighted by atomic mass is 9.87. The van der Waals surface area contributed by atoms with Crippen LogP contribution >= 0.6 is 0 Å². The number of fused-ring (bicyclic) bond motifs is 4. The lowest BCUT2D eigenvalue weighted by Crippen LogP contribution is -2.59. The number of ether oxygens (including phenoxy) is 5. The molecular formula is C68H90N6O15. The van der Waals surface area contributed by atoms with Crippen molar-refractivity contribution in [1.29, 1.82) is 0 Å². The molecule has 89 heavy (non-hydrogen) atoms. The molecule has 21 nitrogen and oxygen atoms in total.